The van der Waals surface area contributed by atoms with Crippen molar-refractivity contribution in [3.8, 4) is 0 Å². The minimum Gasteiger partial charge on any atom is -0.388 e. The molecule has 1 N–H and O–H groups in total. The van der Waals surface area contributed by atoms with E-state index in [1.165, 1.54) is 0 Å². The first-order valence-corrected chi connectivity index (χ1v) is 7.46. The van der Waals surface area contributed by atoms with Crippen LogP contribution in [-0.4, -0.2) is 17.6 Å². The summed E-state index contributed by atoms with van der Waals surface area (Å²) in [5.74, 6) is 0. The van der Waals surface area contributed by atoms with Crippen molar-refractivity contribution in [1.29, 1.82) is 0 Å². The number of rotatable bonds is 3. The maximum absolute atomic E-state index is 12.5. The third kappa shape index (κ3) is 1.79. The summed E-state index contributed by atoms with van der Waals surface area (Å²) in [6.45, 7) is 1.86. The van der Waals surface area contributed by atoms with Crippen LogP contribution in [0.2, 0.25) is 0 Å². The number of aliphatic hydroxyl groups is 1. The van der Waals surface area contributed by atoms with Gasteiger partial charge in [0, 0.05) is 11.5 Å². The Kier molecular flexibility index (Phi) is 3.13. The minimum absolute atomic E-state index is 0.252. The summed E-state index contributed by atoms with van der Waals surface area (Å²) in [4.78, 5) is 0. The first-order valence-electron chi connectivity index (χ1n) is 5.38. The molecule has 0 aliphatic carbocycles. The van der Waals surface area contributed by atoms with E-state index < -0.39 is 7.14 Å². The third-order valence-corrected chi connectivity index (χ3v) is 5.69. The highest BCUT2D eigenvalue weighted by atomic mass is 31.2. The van der Waals surface area contributed by atoms with Crippen LogP contribution in [0.5, 0.6) is 0 Å². The standard InChI is InChI=1S/C13H15O2P/c1-2-16(15,10-14)13-9-5-7-11-6-3-4-8-12(11)13/h3-9,14H,2,10H2,1H3. The van der Waals surface area contributed by atoms with Crippen molar-refractivity contribution in [2.24, 2.45) is 0 Å². The molecule has 1 unspecified atom stereocenters. The molecule has 0 fully saturated rings. The van der Waals surface area contributed by atoms with Crippen LogP contribution >= 0.6 is 7.14 Å². The molecule has 2 nitrogen and oxygen atoms in total. The molecular weight excluding hydrogens is 219 g/mol. The number of aliphatic hydroxyl groups excluding tert-OH is 1. The van der Waals surface area contributed by atoms with Crippen molar-refractivity contribution < 1.29 is 9.67 Å². The summed E-state index contributed by atoms with van der Waals surface area (Å²) < 4.78 is 12.5. The molecule has 0 aromatic heterocycles. The van der Waals surface area contributed by atoms with Crippen LogP contribution in [-0.2, 0) is 4.57 Å². The van der Waals surface area contributed by atoms with Crippen molar-refractivity contribution in [3.05, 3.63) is 42.5 Å². The Morgan fingerprint density at radius 3 is 2.50 bits per heavy atom. The van der Waals surface area contributed by atoms with Crippen molar-refractivity contribution in [1.82, 2.24) is 0 Å². The molecule has 2 rings (SSSR count). The van der Waals surface area contributed by atoms with Crippen LogP contribution in [0, 0.1) is 0 Å². The Balaban J connectivity index is 2.74. The normalized spacial score (nSPS) is 14.9. The lowest BCUT2D eigenvalue weighted by atomic mass is 10.1. The van der Waals surface area contributed by atoms with Gasteiger partial charge in [-0.25, -0.2) is 0 Å². The fraction of sp³-hybridized carbons (Fsp3) is 0.231. The fourth-order valence-electron chi connectivity index (χ4n) is 1.91. The lowest BCUT2D eigenvalue weighted by Gasteiger charge is -2.16. The molecule has 0 aliphatic rings. The van der Waals surface area contributed by atoms with Crippen molar-refractivity contribution in [3.63, 3.8) is 0 Å². The Morgan fingerprint density at radius 1 is 1.12 bits per heavy atom. The van der Waals surface area contributed by atoms with Crippen molar-refractivity contribution in [2.45, 2.75) is 6.92 Å². The van der Waals surface area contributed by atoms with Crippen molar-refractivity contribution >= 4 is 23.2 Å². The molecule has 2 aromatic carbocycles. The summed E-state index contributed by atoms with van der Waals surface area (Å²) in [6, 6.07) is 13.6. The van der Waals surface area contributed by atoms with Gasteiger partial charge in [0.05, 0.1) is 0 Å². The zero-order valence-corrected chi connectivity index (χ0v) is 10.2. The minimum atomic E-state index is -2.62. The Hall–Kier alpha value is -1.11. The molecule has 0 amide bonds. The van der Waals surface area contributed by atoms with Crippen LogP contribution in [0.15, 0.2) is 42.5 Å². The van der Waals surface area contributed by atoms with E-state index in [0.29, 0.717) is 6.16 Å². The molecule has 0 bridgehead atoms. The Bertz CT molecular complexity index is 535. The number of benzene rings is 2. The van der Waals surface area contributed by atoms with E-state index >= 15 is 0 Å². The van der Waals surface area contributed by atoms with Gasteiger partial charge < -0.3 is 9.67 Å². The average Bonchev–Trinajstić information content (AvgIpc) is 2.37. The molecular formula is C13H15O2P. The number of hydrogen-bond donors (Lipinski definition) is 1. The summed E-state index contributed by atoms with van der Waals surface area (Å²) >= 11 is 0. The third-order valence-electron chi connectivity index (χ3n) is 2.94. The SMILES string of the molecule is CCP(=O)(CO)c1cccc2ccccc12. The van der Waals surface area contributed by atoms with Gasteiger partial charge in [0.1, 0.15) is 13.5 Å². The predicted octanol–water partition coefficient (Wildman–Crippen LogP) is 2.80. The predicted molar refractivity (Wildman–Crippen MR) is 68.8 cm³/mol. The lowest BCUT2D eigenvalue weighted by molar-refractivity contribution is 0.360. The summed E-state index contributed by atoms with van der Waals surface area (Å²) in [5, 5.41) is 12.2. The summed E-state index contributed by atoms with van der Waals surface area (Å²) in [5.41, 5.74) is 0. The highest BCUT2D eigenvalue weighted by Crippen LogP contribution is 2.44. The van der Waals surface area contributed by atoms with Gasteiger partial charge in [0.2, 0.25) is 0 Å². The van der Waals surface area contributed by atoms with Gasteiger partial charge in [0.25, 0.3) is 0 Å². The molecule has 0 heterocycles. The Morgan fingerprint density at radius 2 is 1.81 bits per heavy atom. The van der Waals surface area contributed by atoms with E-state index in [9.17, 15) is 9.67 Å². The summed E-state index contributed by atoms with van der Waals surface area (Å²) in [6.07, 6.45) is 0.245. The Labute approximate surface area is 95.3 Å². The molecule has 0 spiro atoms. The van der Waals surface area contributed by atoms with Crippen LogP contribution in [0.1, 0.15) is 6.92 Å². The highest BCUT2D eigenvalue weighted by Gasteiger charge is 2.23. The topological polar surface area (TPSA) is 37.3 Å². The van der Waals surface area contributed by atoms with Crippen LogP contribution in [0.3, 0.4) is 0 Å². The number of hydrogen-bond acceptors (Lipinski definition) is 2. The molecule has 0 radical (unpaired) electrons. The molecule has 3 heteroatoms. The van der Waals surface area contributed by atoms with Gasteiger partial charge in [-0.15, -0.1) is 0 Å². The fourth-order valence-corrected chi connectivity index (χ4v) is 3.60. The smallest absolute Gasteiger partial charge is 0.140 e. The molecule has 0 saturated heterocycles. The average molecular weight is 234 g/mol. The van der Waals surface area contributed by atoms with Gasteiger partial charge in [-0.1, -0.05) is 49.4 Å². The van der Waals surface area contributed by atoms with Crippen LogP contribution < -0.4 is 5.30 Å². The van der Waals surface area contributed by atoms with E-state index in [4.69, 9.17) is 0 Å². The van der Waals surface area contributed by atoms with E-state index in [1.54, 1.807) is 0 Å². The van der Waals surface area contributed by atoms with Gasteiger partial charge in [0.15, 0.2) is 0 Å². The second-order valence-electron chi connectivity index (χ2n) is 3.85. The molecule has 2 aromatic rings. The summed E-state index contributed by atoms with van der Waals surface area (Å²) in [7, 11) is -2.62. The quantitative estimate of drug-likeness (QED) is 0.829. The molecule has 84 valence electrons. The molecule has 0 saturated carbocycles. The molecule has 0 aliphatic heterocycles. The van der Waals surface area contributed by atoms with E-state index in [1.807, 2.05) is 49.4 Å². The van der Waals surface area contributed by atoms with E-state index in [2.05, 4.69) is 0 Å². The van der Waals surface area contributed by atoms with Gasteiger partial charge >= 0.3 is 0 Å². The second kappa shape index (κ2) is 4.40. The van der Waals surface area contributed by atoms with Crippen molar-refractivity contribution in [2.75, 3.05) is 12.5 Å². The zero-order valence-electron chi connectivity index (χ0n) is 9.26. The van der Waals surface area contributed by atoms with Crippen LogP contribution in [0.4, 0.5) is 0 Å². The lowest BCUT2D eigenvalue weighted by Crippen LogP contribution is -2.10. The van der Waals surface area contributed by atoms with Crippen LogP contribution in [0.25, 0.3) is 10.8 Å². The first-order chi connectivity index (χ1) is 7.71. The second-order valence-corrected chi connectivity index (χ2v) is 7.02. The monoisotopic (exact) mass is 234 g/mol. The largest absolute Gasteiger partial charge is 0.388 e. The molecule has 1 atom stereocenters. The molecule has 16 heavy (non-hydrogen) atoms. The van der Waals surface area contributed by atoms with Gasteiger partial charge in [-0.2, -0.15) is 0 Å². The highest BCUT2D eigenvalue weighted by molar-refractivity contribution is 7.71. The van der Waals surface area contributed by atoms with E-state index in [-0.39, 0.29) is 6.35 Å². The van der Waals surface area contributed by atoms with Gasteiger partial charge in [-0.3, -0.25) is 0 Å². The maximum atomic E-state index is 12.5. The van der Waals surface area contributed by atoms with E-state index in [0.717, 1.165) is 16.1 Å². The zero-order chi connectivity index (χ0) is 11.6. The van der Waals surface area contributed by atoms with Gasteiger partial charge in [-0.05, 0) is 10.8 Å². The maximum Gasteiger partial charge on any atom is 0.140 e. The number of fused-ring (bicyclic) bond motifs is 1. The first kappa shape index (κ1) is 11.4.